The molecule has 0 unspecified atom stereocenters. The fourth-order valence-electron chi connectivity index (χ4n) is 1.97. The first-order valence-corrected chi connectivity index (χ1v) is 5.84. The summed E-state index contributed by atoms with van der Waals surface area (Å²) in [5.74, 6) is 1.40. The van der Waals surface area contributed by atoms with Gasteiger partial charge in [0.2, 0.25) is 0 Å². The number of aliphatic carboxylic acids is 1. The molecule has 0 aliphatic heterocycles. The van der Waals surface area contributed by atoms with Crippen molar-refractivity contribution in [2.24, 2.45) is 5.92 Å². The molecule has 0 aromatic rings. The molecule has 0 bridgehead atoms. The molecule has 1 fully saturated rings. The third-order valence-electron chi connectivity index (χ3n) is 2.90. The average Bonchev–Trinajstić information content (AvgIpc) is 2.73. The van der Waals surface area contributed by atoms with Gasteiger partial charge in [0.25, 0.3) is 0 Å². The smallest absolute Gasteiger partial charge is 0.315 e. The van der Waals surface area contributed by atoms with Gasteiger partial charge >= 0.3 is 12.0 Å². The van der Waals surface area contributed by atoms with Crippen molar-refractivity contribution in [2.45, 2.75) is 38.1 Å². The molecule has 1 saturated carbocycles. The lowest BCUT2D eigenvalue weighted by Crippen LogP contribution is -2.41. The fraction of sp³-hybridized carbons (Fsp3) is 0.667. The van der Waals surface area contributed by atoms with E-state index in [2.05, 4.69) is 16.6 Å². The van der Waals surface area contributed by atoms with Crippen molar-refractivity contribution in [1.82, 2.24) is 10.6 Å². The van der Waals surface area contributed by atoms with Gasteiger partial charge < -0.3 is 15.7 Å². The highest BCUT2D eigenvalue weighted by atomic mass is 16.4. The van der Waals surface area contributed by atoms with E-state index in [1.165, 1.54) is 0 Å². The van der Waals surface area contributed by atoms with Gasteiger partial charge in [-0.05, 0) is 25.7 Å². The SMILES string of the molecule is C#CCCCNC(=O)N[C@H]1CC[C@@H](C(=O)O)C1. The predicted octanol–water partition coefficient (Wildman–Crippen LogP) is 0.952. The molecule has 0 aromatic heterocycles. The highest BCUT2D eigenvalue weighted by molar-refractivity contribution is 5.75. The molecule has 0 heterocycles. The largest absolute Gasteiger partial charge is 0.481 e. The number of hydrogen-bond donors (Lipinski definition) is 3. The van der Waals surface area contributed by atoms with Gasteiger partial charge in [0.15, 0.2) is 0 Å². The van der Waals surface area contributed by atoms with E-state index < -0.39 is 5.97 Å². The van der Waals surface area contributed by atoms with E-state index in [-0.39, 0.29) is 18.0 Å². The Morgan fingerprint density at radius 1 is 1.41 bits per heavy atom. The molecular weight excluding hydrogens is 220 g/mol. The van der Waals surface area contributed by atoms with Crippen LogP contribution in [-0.2, 0) is 4.79 Å². The Bertz CT molecular complexity index is 322. The lowest BCUT2D eigenvalue weighted by molar-refractivity contribution is -0.141. The minimum atomic E-state index is -0.774. The lowest BCUT2D eigenvalue weighted by atomic mass is 10.1. The quantitative estimate of drug-likeness (QED) is 0.493. The van der Waals surface area contributed by atoms with Crippen LogP contribution < -0.4 is 10.6 Å². The second kappa shape index (κ2) is 6.79. The molecule has 94 valence electrons. The second-order valence-electron chi connectivity index (χ2n) is 4.25. The van der Waals surface area contributed by atoms with Gasteiger partial charge in [0.05, 0.1) is 5.92 Å². The topological polar surface area (TPSA) is 78.4 Å². The summed E-state index contributed by atoms with van der Waals surface area (Å²) in [5, 5.41) is 14.3. The van der Waals surface area contributed by atoms with Crippen LogP contribution in [0.3, 0.4) is 0 Å². The number of terminal acetylenes is 1. The van der Waals surface area contributed by atoms with Crippen LogP contribution in [0.15, 0.2) is 0 Å². The van der Waals surface area contributed by atoms with Gasteiger partial charge in [0, 0.05) is 19.0 Å². The Balaban J connectivity index is 2.15. The molecule has 1 aliphatic carbocycles. The molecule has 3 N–H and O–H groups in total. The molecule has 5 heteroatoms. The van der Waals surface area contributed by atoms with Crippen LogP contribution in [0, 0.1) is 18.3 Å². The van der Waals surface area contributed by atoms with Gasteiger partial charge in [0.1, 0.15) is 0 Å². The van der Waals surface area contributed by atoms with Crippen LogP contribution in [-0.4, -0.2) is 29.7 Å². The van der Waals surface area contributed by atoms with Crippen molar-refractivity contribution in [3.63, 3.8) is 0 Å². The summed E-state index contributed by atoms with van der Waals surface area (Å²) >= 11 is 0. The number of carboxylic acid groups (broad SMARTS) is 1. The van der Waals surface area contributed by atoms with E-state index in [0.717, 1.165) is 12.8 Å². The minimum Gasteiger partial charge on any atom is -0.481 e. The van der Waals surface area contributed by atoms with Crippen molar-refractivity contribution in [1.29, 1.82) is 0 Å². The van der Waals surface area contributed by atoms with Crippen LogP contribution in [0.2, 0.25) is 0 Å². The highest BCUT2D eigenvalue weighted by Crippen LogP contribution is 2.25. The fourth-order valence-corrected chi connectivity index (χ4v) is 1.97. The maximum Gasteiger partial charge on any atom is 0.315 e. The van der Waals surface area contributed by atoms with Crippen molar-refractivity contribution >= 4 is 12.0 Å². The number of nitrogens with one attached hydrogen (secondary N) is 2. The van der Waals surface area contributed by atoms with Crippen LogP contribution in [0.1, 0.15) is 32.1 Å². The Kier molecular flexibility index (Phi) is 5.34. The van der Waals surface area contributed by atoms with Crippen molar-refractivity contribution < 1.29 is 14.7 Å². The molecular formula is C12H18N2O3. The minimum absolute atomic E-state index is 0.0243. The molecule has 0 radical (unpaired) electrons. The predicted molar refractivity (Wildman–Crippen MR) is 63.4 cm³/mol. The molecule has 5 nitrogen and oxygen atoms in total. The van der Waals surface area contributed by atoms with Crippen molar-refractivity contribution in [2.75, 3.05) is 6.54 Å². The van der Waals surface area contributed by atoms with Crippen LogP contribution in [0.4, 0.5) is 4.79 Å². The second-order valence-corrected chi connectivity index (χ2v) is 4.25. The van der Waals surface area contributed by atoms with Crippen LogP contribution in [0.5, 0.6) is 0 Å². The Morgan fingerprint density at radius 2 is 2.18 bits per heavy atom. The molecule has 1 rings (SSSR count). The van der Waals surface area contributed by atoms with Crippen molar-refractivity contribution in [3.05, 3.63) is 0 Å². The third kappa shape index (κ3) is 4.77. The van der Waals surface area contributed by atoms with Crippen LogP contribution >= 0.6 is 0 Å². The number of amides is 2. The highest BCUT2D eigenvalue weighted by Gasteiger charge is 2.30. The number of rotatable bonds is 5. The number of carbonyl (C=O) groups excluding carboxylic acids is 1. The van der Waals surface area contributed by atoms with E-state index in [4.69, 9.17) is 11.5 Å². The third-order valence-corrected chi connectivity index (χ3v) is 2.90. The molecule has 0 spiro atoms. The molecule has 1 aliphatic rings. The number of unbranched alkanes of at least 4 members (excludes halogenated alkanes) is 1. The van der Waals surface area contributed by atoms with Gasteiger partial charge in [-0.1, -0.05) is 0 Å². The van der Waals surface area contributed by atoms with E-state index >= 15 is 0 Å². The molecule has 2 amide bonds. The average molecular weight is 238 g/mol. The molecule has 2 atom stereocenters. The Labute approximate surface area is 101 Å². The maximum absolute atomic E-state index is 11.4. The first-order chi connectivity index (χ1) is 8.13. The summed E-state index contributed by atoms with van der Waals surface area (Å²) < 4.78 is 0. The zero-order valence-electron chi connectivity index (χ0n) is 9.74. The first kappa shape index (κ1) is 13.4. The molecule has 0 aromatic carbocycles. The number of carboxylic acids is 1. The summed E-state index contributed by atoms with van der Waals surface area (Å²) in [4.78, 5) is 22.1. The van der Waals surface area contributed by atoms with E-state index in [9.17, 15) is 9.59 Å². The zero-order chi connectivity index (χ0) is 12.7. The number of urea groups is 1. The molecule has 0 saturated heterocycles. The summed E-state index contributed by atoms with van der Waals surface area (Å²) in [6.45, 7) is 0.547. The summed E-state index contributed by atoms with van der Waals surface area (Å²) in [6.07, 6.45) is 8.38. The normalized spacial score (nSPS) is 22.8. The molecule has 17 heavy (non-hydrogen) atoms. The Morgan fingerprint density at radius 3 is 2.76 bits per heavy atom. The van der Waals surface area contributed by atoms with Crippen LogP contribution in [0.25, 0.3) is 0 Å². The summed E-state index contributed by atoms with van der Waals surface area (Å²) in [6, 6.07) is -0.262. The number of carbonyl (C=O) groups is 2. The lowest BCUT2D eigenvalue weighted by Gasteiger charge is -2.13. The van der Waals surface area contributed by atoms with Gasteiger partial charge in [-0.3, -0.25) is 4.79 Å². The Hall–Kier alpha value is -1.70. The van der Waals surface area contributed by atoms with E-state index in [0.29, 0.717) is 25.8 Å². The van der Waals surface area contributed by atoms with Gasteiger partial charge in [-0.15, -0.1) is 12.3 Å². The zero-order valence-corrected chi connectivity index (χ0v) is 9.74. The monoisotopic (exact) mass is 238 g/mol. The van der Waals surface area contributed by atoms with Gasteiger partial charge in [-0.25, -0.2) is 4.79 Å². The van der Waals surface area contributed by atoms with E-state index in [1.807, 2.05) is 0 Å². The summed E-state index contributed by atoms with van der Waals surface area (Å²) in [7, 11) is 0. The van der Waals surface area contributed by atoms with E-state index in [1.54, 1.807) is 0 Å². The summed E-state index contributed by atoms with van der Waals surface area (Å²) in [5.41, 5.74) is 0. The maximum atomic E-state index is 11.4. The van der Waals surface area contributed by atoms with Gasteiger partial charge in [-0.2, -0.15) is 0 Å². The number of hydrogen-bond acceptors (Lipinski definition) is 2. The van der Waals surface area contributed by atoms with Crippen molar-refractivity contribution in [3.8, 4) is 12.3 Å². The standard InChI is InChI=1S/C12H18N2O3/c1-2-3-4-7-13-12(17)14-10-6-5-9(8-10)11(15)16/h1,9-10H,3-8H2,(H,15,16)(H2,13,14,17)/t9-,10+/m1/s1. The first-order valence-electron chi connectivity index (χ1n) is 5.84.